The zero-order valence-corrected chi connectivity index (χ0v) is 12.0. The lowest BCUT2D eigenvalue weighted by atomic mass is 10.3. The summed E-state index contributed by atoms with van der Waals surface area (Å²) in [5.74, 6) is 0.924. The molecule has 98 valence electrons. The van der Waals surface area contributed by atoms with Crippen molar-refractivity contribution in [3.63, 3.8) is 0 Å². The molecule has 1 heterocycles. The number of nitrogens with one attached hydrogen (secondary N) is 2. The first-order chi connectivity index (χ1) is 9.34. The van der Waals surface area contributed by atoms with E-state index in [2.05, 4.69) is 15.6 Å². The molecule has 0 radical (unpaired) electrons. The molecule has 0 atom stereocenters. The van der Waals surface area contributed by atoms with E-state index >= 15 is 0 Å². The SMILES string of the molecule is S=C(NCCSc1ccccn1)Nc1ccccc1. The highest BCUT2D eigenvalue weighted by molar-refractivity contribution is 7.99. The predicted octanol–water partition coefficient (Wildman–Crippen LogP) is 3.16. The van der Waals surface area contributed by atoms with Gasteiger partial charge in [0.25, 0.3) is 0 Å². The number of hydrogen-bond donors (Lipinski definition) is 2. The van der Waals surface area contributed by atoms with Gasteiger partial charge in [-0.05, 0) is 36.5 Å². The normalized spacial score (nSPS) is 9.89. The maximum Gasteiger partial charge on any atom is 0.170 e. The molecular weight excluding hydrogens is 274 g/mol. The highest BCUT2D eigenvalue weighted by atomic mass is 32.2. The fraction of sp³-hybridized carbons (Fsp3) is 0.143. The molecule has 0 saturated carbocycles. The fourth-order valence-electron chi connectivity index (χ4n) is 1.45. The van der Waals surface area contributed by atoms with E-state index in [9.17, 15) is 0 Å². The van der Waals surface area contributed by atoms with E-state index in [4.69, 9.17) is 12.2 Å². The Hall–Kier alpha value is -1.59. The number of rotatable bonds is 5. The van der Waals surface area contributed by atoms with Gasteiger partial charge in [-0.25, -0.2) is 4.98 Å². The van der Waals surface area contributed by atoms with Crippen LogP contribution in [0.4, 0.5) is 5.69 Å². The van der Waals surface area contributed by atoms with Gasteiger partial charge in [0.1, 0.15) is 0 Å². The molecule has 5 heteroatoms. The summed E-state index contributed by atoms with van der Waals surface area (Å²) in [7, 11) is 0. The van der Waals surface area contributed by atoms with Crippen LogP contribution in [0.25, 0.3) is 0 Å². The van der Waals surface area contributed by atoms with Crippen LogP contribution in [0.5, 0.6) is 0 Å². The molecule has 0 saturated heterocycles. The topological polar surface area (TPSA) is 37.0 Å². The van der Waals surface area contributed by atoms with E-state index in [-0.39, 0.29) is 0 Å². The third-order valence-electron chi connectivity index (χ3n) is 2.31. The summed E-state index contributed by atoms with van der Waals surface area (Å²) in [6.07, 6.45) is 1.80. The van der Waals surface area contributed by atoms with E-state index in [0.29, 0.717) is 5.11 Å². The highest BCUT2D eigenvalue weighted by Crippen LogP contribution is 2.12. The number of thiocarbonyl (C=S) groups is 1. The molecule has 2 N–H and O–H groups in total. The van der Waals surface area contributed by atoms with Crippen LogP contribution >= 0.6 is 24.0 Å². The third kappa shape index (κ3) is 5.28. The molecule has 0 bridgehead atoms. The Kier molecular flexibility index (Phi) is 5.65. The average molecular weight is 289 g/mol. The summed E-state index contributed by atoms with van der Waals surface area (Å²) in [5.41, 5.74) is 0.998. The molecule has 3 nitrogen and oxygen atoms in total. The minimum Gasteiger partial charge on any atom is -0.362 e. The van der Waals surface area contributed by atoms with Gasteiger partial charge >= 0.3 is 0 Å². The smallest absolute Gasteiger partial charge is 0.170 e. The number of aromatic nitrogens is 1. The summed E-state index contributed by atoms with van der Waals surface area (Å²) >= 11 is 6.93. The molecule has 1 aromatic carbocycles. The Morgan fingerprint density at radius 2 is 1.89 bits per heavy atom. The summed E-state index contributed by atoms with van der Waals surface area (Å²) in [4.78, 5) is 4.25. The molecule has 0 fully saturated rings. The molecule has 0 unspecified atom stereocenters. The van der Waals surface area contributed by atoms with E-state index in [0.717, 1.165) is 23.0 Å². The largest absolute Gasteiger partial charge is 0.362 e. The van der Waals surface area contributed by atoms with Crippen LogP contribution in [-0.4, -0.2) is 22.4 Å². The standard InChI is InChI=1S/C14H15N3S2/c18-14(17-12-6-2-1-3-7-12)16-10-11-19-13-8-4-5-9-15-13/h1-9H,10-11H2,(H2,16,17,18). The number of pyridine rings is 1. The Morgan fingerprint density at radius 1 is 1.11 bits per heavy atom. The second kappa shape index (κ2) is 7.76. The average Bonchev–Trinajstić information content (AvgIpc) is 2.46. The maximum absolute atomic E-state index is 5.22. The molecule has 0 aliphatic heterocycles. The van der Waals surface area contributed by atoms with Gasteiger partial charge in [-0.15, -0.1) is 11.8 Å². The second-order valence-corrected chi connectivity index (χ2v) is 5.29. The van der Waals surface area contributed by atoms with E-state index in [1.54, 1.807) is 18.0 Å². The summed E-state index contributed by atoms with van der Waals surface area (Å²) < 4.78 is 0. The minimum atomic E-state index is 0.646. The van der Waals surface area contributed by atoms with E-state index in [1.807, 2.05) is 48.5 Å². The molecule has 1 aromatic heterocycles. The van der Waals surface area contributed by atoms with Crippen molar-refractivity contribution in [3.8, 4) is 0 Å². The van der Waals surface area contributed by atoms with Crippen LogP contribution in [0.3, 0.4) is 0 Å². The lowest BCUT2D eigenvalue weighted by Gasteiger charge is -2.09. The lowest BCUT2D eigenvalue weighted by Crippen LogP contribution is -2.30. The Labute approximate surface area is 122 Å². The number of hydrogen-bond acceptors (Lipinski definition) is 3. The first kappa shape index (κ1) is 13.8. The van der Waals surface area contributed by atoms with Gasteiger partial charge in [0.15, 0.2) is 5.11 Å². The first-order valence-electron chi connectivity index (χ1n) is 5.98. The van der Waals surface area contributed by atoms with Crippen LogP contribution in [0.2, 0.25) is 0 Å². The van der Waals surface area contributed by atoms with Crippen molar-refractivity contribution in [1.82, 2.24) is 10.3 Å². The lowest BCUT2D eigenvalue weighted by molar-refractivity contribution is 0.986. The molecule has 0 amide bonds. The van der Waals surface area contributed by atoms with Crippen LogP contribution in [0.15, 0.2) is 59.8 Å². The predicted molar refractivity (Wildman–Crippen MR) is 85.6 cm³/mol. The van der Waals surface area contributed by atoms with Crippen molar-refractivity contribution in [2.45, 2.75) is 5.03 Å². The number of thioether (sulfide) groups is 1. The molecular formula is C14H15N3S2. The van der Waals surface area contributed by atoms with Crippen molar-refractivity contribution in [2.24, 2.45) is 0 Å². The third-order valence-corrected chi connectivity index (χ3v) is 3.50. The van der Waals surface area contributed by atoms with Crippen molar-refractivity contribution in [3.05, 3.63) is 54.7 Å². The first-order valence-corrected chi connectivity index (χ1v) is 7.38. The van der Waals surface area contributed by atoms with Crippen molar-refractivity contribution < 1.29 is 0 Å². The summed E-state index contributed by atoms with van der Waals surface area (Å²) in [5, 5.41) is 7.99. The van der Waals surface area contributed by atoms with Gasteiger partial charge in [0.05, 0.1) is 5.03 Å². The van der Waals surface area contributed by atoms with Crippen LogP contribution in [0, 0.1) is 0 Å². The molecule has 19 heavy (non-hydrogen) atoms. The number of nitrogens with zero attached hydrogens (tertiary/aromatic N) is 1. The number of anilines is 1. The quantitative estimate of drug-likeness (QED) is 0.502. The van der Waals surface area contributed by atoms with Gasteiger partial charge in [0, 0.05) is 24.2 Å². The summed E-state index contributed by atoms with van der Waals surface area (Å²) in [6.45, 7) is 0.805. The summed E-state index contributed by atoms with van der Waals surface area (Å²) in [6, 6.07) is 15.8. The number of para-hydroxylation sites is 1. The zero-order chi connectivity index (χ0) is 13.3. The van der Waals surface area contributed by atoms with Gasteiger partial charge in [0.2, 0.25) is 0 Å². The van der Waals surface area contributed by atoms with Crippen LogP contribution in [0.1, 0.15) is 0 Å². The number of benzene rings is 1. The fourth-order valence-corrected chi connectivity index (χ4v) is 2.39. The van der Waals surface area contributed by atoms with Gasteiger partial charge < -0.3 is 10.6 Å². The van der Waals surface area contributed by atoms with E-state index in [1.165, 1.54) is 0 Å². The van der Waals surface area contributed by atoms with Crippen molar-refractivity contribution in [2.75, 3.05) is 17.6 Å². The van der Waals surface area contributed by atoms with E-state index < -0.39 is 0 Å². The minimum absolute atomic E-state index is 0.646. The van der Waals surface area contributed by atoms with Crippen LogP contribution in [-0.2, 0) is 0 Å². The molecule has 2 aromatic rings. The highest BCUT2D eigenvalue weighted by Gasteiger charge is 1.97. The Balaban J connectivity index is 1.65. The monoisotopic (exact) mass is 289 g/mol. The Morgan fingerprint density at radius 3 is 2.63 bits per heavy atom. The second-order valence-electron chi connectivity index (χ2n) is 3.76. The molecule has 0 aliphatic rings. The van der Waals surface area contributed by atoms with Crippen molar-refractivity contribution >= 4 is 34.8 Å². The van der Waals surface area contributed by atoms with Gasteiger partial charge in [-0.1, -0.05) is 24.3 Å². The zero-order valence-electron chi connectivity index (χ0n) is 10.4. The van der Waals surface area contributed by atoms with Gasteiger partial charge in [-0.2, -0.15) is 0 Å². The maximum atomic E-state index is 5.22. The van der Waals surface area contributed by atoms with Crippen molar-refractivity contribution in [1.29, 1.82) is 0 Å². The molecule has 0 aliphatic carbocycles. The molecule has 0 spiro atoms. The van der Waals surface area contributed by atoms with Crippen LogP contribution < -0.4 is 10.6 Å². The Bertz CT molecular complexity index is 503. The van der Waals surface area contributed by atoms with Gasteiger partial charge in [-0.3, -0.25) is 0 Å². The molecule has 2 rings (SSSR count).